The maximum absolute atomic E-state index is 12.6. The van der Waals surface area contributed by atoms with E-state index in [-0.39, 0.29) is 18.8 Å². The van der Waals surface area contributed by atoms with Crippen molar-refractivity contribution in [2.24, 2.45) is 0 Å². The number of pyridine rings is 1. The topological polar surface area (TPSA) is 138 Å². The summed E-state index contributed by atoms with van der Waals surface area (Å²) in [5, 5.41) is 15.3. The van der Waals surface area contributed by atoms with Crippen molar-refractivity contribution < 1.29 is 19.4 Å². The van der Waals surface area contributed by atoms with Gasteiger partial charge in [0, 0.05) is 57.4 Å². The summed E-state index contributed by atoms with van der Waals surface area (Å²) in [4.78, 5) is 35.4. The number of benzene rings is 1. The van der Waals surface area contributed by atoms with E-state index in [9.17, 15) is 9.90 Å². The Balaban J connectivity index is 1.28. The number of nitrogens with zero attached hydrogens (tertiary/aromatic N) is 6. The summed E-state index contributed by atoms with van der Waals surface area (Å²) in [5.74, 6) is 1.89. The molecule has 0 atom stereocenters. The Labute approximate surface area is 227 Å². The van der Waals surface area contributed by atoms with E-state index >= 15 is 0 Å². The molecule has 39 heavy (non-hydrogen) atoms. The van der Waals surface area contributed by atoms with E-state index in [1.165, 1.54) is 6.20 Å². The van der Waals surface area contributed by atoms with Gasteiger partial charge in [-0.25, -0.2) is 4.98 Å². The molecule has 3 N–H and O–H groups in total. The number of piperazine rings is 1. The number of β-amino-alcohol motifs (C(OH)–C–C–N with tert-alkyl or cyclic N) is 1. The van der Waals surface area contributed by atoms with Gasteiger partial charge in [-0.2, -0.15) is 15.0 Å². The first kappa shape index (κ1) is 26.9. The number of anilines is 4. The number of amides is 1. The Morgan fingerprint density at radius 1 is 1.00 bits per heavy atom. The van der Waals surface area contributed by atoms with Crippen LogP contribution in [0.2, 0.25) is 0 Å². The number of aryl methyl sites for hydroxylation is 1. The number of ether oxygens (including phenoxy) is 2. The third-order valence-electron chi connectivity index (χ3n) is 6.54. The number of hydrogen-bond acceptors (Lipinski definition) is 11. The normalized spacial score (nSPS) is 16.7. The predicted molar refractivity (Wildman–Crippen MR) is 146 cm³/mol. The second-order valence-corrected chi connectivity index (χ2v) is 9.37. The van der Waals surface area contributed by atoms with Gasteiger partial charge < -0.3 is 30.1 Å². The molecule has 12 heteroatoms. The quantitative estimate of drug-likeness (QED) is 0.352. The predicted octanol–water partition coefficient (Wildman–Crippen LogP) is 2.07. The lowest BCUT2D eigenvalue weighted by atomic mass is 10.2. The summed E-state index contributed by atoms with van der Waals surface area (Å²) >= 11 is 0. The fourth-order valence-electron chi connectivity index (χ4n) is 4.42. The van der Waals surface area contributed by atoms with Crippen LogP contribution in [0.4, 0.5) is 23.4 Å². The second kappa shape index (κ2) is 13.4. The van der Waals surface area contributed by atoms with E-state index in [1.54, 1.807) is 12.1 Å². The van der Waals surface area contributed by atoms with Crippen LogP contribution >= 0.6 is 0 Å². The SMILES string of the molecule is O=C(Nc1ccccc1)c1ccc(Nc2nc(CCC3OCCCO3)nc(N3CCN(CCO)CC3)n2)nc1. The highest BCUT2D eigenvalue weighted by Gasteiger charge is 2.21. The van der Waals surface area contributed by atoms with Gasteiger partial charge in [0.1, 0.15) is 11.6 Å². The van der Waals surface area contributed by atoms with Gasteiger partial charge in [0.15, 0.2) is 6.29 Å². The van der Waals surface area contributed by atoms with Gasteiger partial charge in [0.05, 0.1) is 25.4 Å². The van der Waals surface area contributed by atoms with Gasteiger partial charge in [-0.1, -0.05) is 18.2 Å². The number of rotatable bonds is 10. The lowest BCUT2D eigenvalue weighted by molar-refractivity contribution is -0.180. The molecule has 0 bridgehead atoms. The Kier molecular flexibility index (Phi) is 9.22. The zero-order valence-corrected chi connectivity index (χ0v) is 21.8. The molecule has 3 aromatic rings. The molecular weight excluding hydrogens is 500 g/mol. The average molecular weight is 535 g/mol. The van der Waals surface area contributed by atoms with Crippen LogP contribution in [0.1, 0.15) is 29.0 Å². The number of aliphatic hydroxyl groups excluding tert-OH is 1. The van der Waals surface area contributed by atoms with E-state index in [0.717, 1.165) is 38.3 Å². The summed E-state index contributed by atoms with van der Waals surface area (Å²) in [6.07, 6.45) is 3.39. The van der Waals surface area contributed by atoms with Crippen molar-refractivity contribution >= 4 is 29.3 Å². The minimum Gasteiger partial charge on any atom is -0.395 e. The molecule has 1 aromatic carbocycles. The van der Waals surface area contributed by atoms with Crippen molar-refractivity contribution in [2.75, 3.05) is 68.1 Å². The van der Waals surface area contributed by atoms with Crippen LogP contribution in [0, 0.1) is 0 Å². The number of aliphatic hydroxyl groups is 1. The third-order valence-corrected chi connectivity index (χ3v) is 6.54. The van der Waals surface area contributed by atoms with E-state index in [1.807, 2.05) is 30.3 Å². The molecule has 4 heterocycles. The zero-order valence-electron chi connectivity index (χ0n) is 21.8. The molecule has 12 nitrogen and oxygen atoms in total. The van der Waals surface area contributed by atoms with E-state index in [0.29, 0.717) is 61.7 Å². The molecule has 2 saturated heterocycles. The number of hydrogen-bond donors (Lipinski definition) is 3. The van der Waals surface area contributed by atoms with Gasteiger partial charge in [0.25, 0.3) is 5.91 Å². The van der Waals surface area contributed by atoms with Crippen LogP contribution in [0.15, 0.2) is 48.7 Å². The standard InChI is InChI=1S/C27H34N8O4/c36-16-15-34-11-13-35(14-12-34)27-32-23(9-10-24-38-17-4-18-39-24)31-26(33-27)30-22-8-7-20(19-28-22)25(37)29-21-5-2-1-3-6-21/h1-3,5-8,19,24,36H,4,9-18H2,(H,29,37)(H,28,30,31,32,33). The third kappa shape index (κ3) is 7.67. The highest BCUT2D eigenvalue weighted by molar-refractivity contribution is 6.04. The van der Waals surface area contributed by atoms with E-state index in [4.69, 9.17) is 14.5 Å². The van der Waals surface area contributed by atoms with Crippen LogP contribution in [-0.4, -0.2) is 94.7 Å². The van der Waals surface area contributed by atoms with Gasteiger partial charge in [-0.3, -0.25) is 9.69 Å². The number of carbonyl (C=O) groups is 1. The van der Waals surface area contributed by atoms with Gasteiger partial charge in [0.2, 0.25) is 11.9 Å². The summed E-state index contributed by atoms with van der Waals surface area (Å²) < 4.78 is 11.4. The number of nitrogens with one attached hydrogen (secondary N) is 2. The molecule has 206 valence electrons. The Morgan fingerprint density at radius 2 is 1.79 bits per heavy atom. The van der Waals surface area contributed by atoms with Crippen molar-refractivity contribution in [1.82, 2.24) is 24.8 Å². The number of carbonyl (C=O) groups excluding carboxylic acids is 1. The van der Waals surface area contributed by atoms with Gasteiger partial charge >= 0.3 is 0 Å². The zero-order chi connectivity index (χ0) is 26.9. The molecule has 2 aromatic heterocycles. The molecule has 0 spiro atoms. The molecule has 5 rings (SSSR count). The van der Waals surface area contributed by atoms with Crippen molar-refractivity contribution in [3.63, 3.8) is 0 Å². The molecule has 1 amide bonds. The smallest absolute Gasteiger partial charge is 0.257 e. The molecule has 2 aliphatic heterocycles. The highest BCUT2D eigenvalue weighted by Crippen LogP contribution is 2.19. The van der Waals surface area contributed by atoms with E-state index in [2.05, 4.69) is 35.4 Å². The van der Waals surface area contributed by atoms with Crippen LogP contribution in [0.25, 0.3) is 0 Å². The van der Waals surface area contributed by atoms with Crippen LogP contribution < -0.4 is 15.5 Å². The minimum absolute atomic E-state index is 0.148. The Hall–Kier alpha value is -3.71. The van der Waals surface area contributed by atoms with Crippen LogP contribution in [-0.2, 0) is 15.9 Å². The van der Waals surface area contributed by atoms with E-state index < -0.39 is 0 Å². The fraction of sp³-hybridized carbons (Fsp3) is 0.444. The van der Waals surface area contributed by atoms with Crippen LogP contribution in [0.5, 0.6) is 0 Å². The maximum atomic E-state index is 12.6. The van der Waals surface area contributed by atoms with Crippen molar-refractivity contribution in [3.05, 3.63) is 60.0 Å². The maximum Gasteiger partial charge on any atom is 0.257 e. The second-order valence-electron chi connectivity index (χ2n) is 9.37. The summed E-state index contributed by atoms with van der Waals surface area (Å²) in [6, 6.07) is 12.7. The molecule has 2 aliphatic rings. The van der Waals surface area contributed by atoms with Crippen molar-refractivity contribution in [2.45, 2.75) is 25.6 Å². The number of para-hydroxylation sites is 1. The highest BCUT2D eigenvalue weighted by atomic mass is 16.7. The molecule has 0 radical (unpaired) electrons. The Bertz CT molecular complexity index is 1200. The lowest BCUT2D eigenvalue weighted by Crippen LogP contribution is -2.47. The minimum atomic E-state index is -0.256. The number of aromatic nitrogens is 4. The fourth-order valence-corrected chi connectivity index (χ4v) is 4.42. The monoisotopic (exact) mass is 534 g/mol. The Morgan fingerprint density at radius 3 is 2.51 bits per heavy atom. The summed E-state index contributed by atoms with van der Waals surface area (Å²) in [7, 11) is 0. The van der Waals surface area contributed by atoms with Gasteiger partial charge in [-0.15, -0.1) is 0 Å². The molecule has 0 unspecified atom stereocenters. The van der Waals surface area contributed by atoms with Crippen molar-refractivity contribution in [3.8, 4) is 0 Å². The van der Waals surface area contributed by atoms with Crippen LogP contribution in [0.3, 0.4) is 0 Å². The summed E-state index contributed by atoms with van der Waals surface area (Å²) in [5.41, 5.74) is 1.16. The summed E-state index contributed by atoms with van der Waals surface area (Å²) in [6.45, 7) is 5.35. The lowest BCUT2D eigenvalue weighted by Gasteiger charge is -2.34. The molecule has 0 aliphatic carbocycles. The van der Waals surface area contributed by atoms with Crippen molar-refractivity contribution in [1.29, 1.82) is 0 Å². The molecular formula is C27H34N8O4. The van der Waals surface area contributed by atoms with Gasteiger partial charge in [-0.05, 0) is 30.7 Å². The first-order valence-corrected chi connectivity index (χ1v) is 13.3. The largest absolute Gasteiger partial charge is 0.395 e. The first-order valence-electron chi connectivity index (χ1n) is 13.3. The molecule has 2 fully saturated rings. The molecule has 0 saturated carbocycles. The average Bonchev–Trinajstić information content (AvgIpc) is 2.98. The first-order chi connectivity index (χ1) is 19.2.